The molecule has 1 aliphatic rings. The number of hydrogen-bond donors (Lipinski definition) is 1. The van der Waals surface area contributed by atoms with Gasteiger partial charge in [-0.05, 0) is 42.5 Å². The summed E-state index contributed by atoms with van der Waals surface area (Å²) in [6, 6.07) is 15.3. The Morgan fingerprint density at radius 1 is 1.10 bits per heavy atom. The van der Waals surface area contributed by atoms with Gasteiger partial charge in [0.1, 0.15) is 5.82 Å². The zero-order chi connectivity index (χ0) is 20.9. The molecule has 0 aromatic heterocycles. The molecule has 3 rings (SSSR count). The minimum Gasteiger partial charge on any atom is -0.349 e. The van der Waals surface area contributed by atoms with Crippen molar-refractivity contribution >= 4 is 15.9 Å². The first-order valence-corrected chi connectivity index (χ1v) is 11.6. The van der Waals surface area contributed by atoms with Gasteiger partial charge in [-0.2, -0.15) is 0 Å². The average molecular weight is 419 g/mol. The van der Waals surface area contributed by atoms with Gasteiger partial charge < -0.3 is 5.32 Å². The van der Waals surface area contributed by atoms with Crippen LogP contribution in [0.2, 0.25) is 0 Å². The number of rotatable bonds is 7. The van der Waals surface area contributed by atoms with E-state index in [2.05, 4.69) is 5.32 Å². The molecule has 7 heteroatoms. The zero-order valence-corrected chi connectivity index (χ0v) is 17.4. The summed E-state index contributed by atoms with van der Waals surface area (Å²) >= 11 is 0. The number of carbonyl (C=O) groups is 1. The number of hydrogen-bond acceptors (Lipinski definition) is 3. The maximum atomic E-state index is 13.0. The molecule has 0 radical (unpaired) electrons. The SMILES string of the molecule is CCC(NC(=O)C1CCN(S(=O)(=O)Cc2ccc(F)cc2)CC1)c1ccccc1. The number of piperidine rings is 1. The number of sulfonamides is 1. The van der Waals surface area contributed by atoms with E-state index in [-0.39, 0.29) is 29.4 Å². The molecule has 0 saturated carbocycles. The van der Waals surface area contributed by atoms with Crippen molar-refractivity contribution in [1.29, 1.82) is 0 Å². The Morgan fingerprint density at radius 3 is 2.31 bits per heavy atom. The van der Waals surface area contributed by atoms with Crippen LogP contribution >= 0.6 is 0 Å². The maximum Gasteiger partial charge on any atom is 0.223 e. The first-order valence-electron chi connectivity index (χ1n) is 9.96. The van der Waals surface area contributed by atoms with Crippen LogP contribution in [0.3, 0.4) is 0 Å². The Bertz CT molecular complexity index is 909. The molecule has 2 aromatic carbocycles. The van der Waals surface area contributed by atoms with Gasteiger partial charge >= 0.3 is 0 Å². The number of nitrogens with zero attached hydrogens (tertiary/aromatic N) is 1. The first-order chi connectivity index (χ1) is 13.9. The van der Waals surface area contributed by atoms with Crippen LogP contribution in [0, 0.1) is 11.7 Å². The molecule has 0 aliphatic carbocycles. The second-order valence-electron chi connectivity index (χ2n) is 7.44. The minimum absolute atomic E-state index is 0.0173. The van der Waals surface area contributed by atoms with E-state index in [1.165, 1.54) is 28.6 Å². The maximum absolute atomic E-state index is 13.0. The van der Waals surface area contributed by atoms with Gasteiger partial charge in [-0.25, -0.2) is 17.1 Å². The molecule has 2 aromatic rings. The lowest BCUT2D eigenvalue weighted by molar-refractivity contribution is -0.126. The lowest BCUT2D eigenvalue weighted by Crippen LogP contribution is -2.44. The van der Waals surface area contributed by atoms with Crippen molar-refractivity contribution in [1.82, 2.24) is 9.62 Å². The Balaban J connectivity index is 1.55. The van der Waals surface area contributed by atoms with Gasteiger partial charge in [0.25, 0.3) is 0 Å². The molecule has 156 valence electrons. The van der Waals surface area contributed by atoms with E-state index in [9.17, 15) is 17.6 Å². The highest BCUT2D eigenvalue weighted by atomic mass is 32.2. The summed E-state index contributed by atoms with van der Waals surface area (Å²) in [5.74, 6) is -0.754. The van der Waals surface area contributed by atoms with E-state index in [1.54, 1.807) is 0 Å². The molecule has 1 atom stereocenters. The molecule has 1 heterocycles. The lowest BCUT2D eigenvalue weighted by atomic mass is 9.96. The van der Waals surface area contributed by atoms with E-state index in [0.717, 1.165) is 12.0 Å². The quantitative estimate of drug-likeness (QED) is 0.747. The number of carbonyl (C=O) groups excluding carboxylic acids is 1. The van der Waals surface area contributed by atoms with Crippen LogP contribution in [0.5, 0.6) is 0 Å². The monoisotopic (exact) mass is 418 g/mol. The number of amides is 1. The van der Waals surface area contributed by atoms with Gasteiger partial charge in [0.2, 0.25) is 15.9 Å². The first kappa shape index (κ1) is 21.5. The number of benzene rings is 2. The van der Waals surface area contributed by atoms with Crippen molar-refractivity contribution in [2.75, 3.05) is 13.1 Å². The fourth-order valence-electron chi connectivity index (χ4n) is 3.67. The molecule has 0 spiro atoms. The molecule has 1 amide bonds. The Labute approximate surface area is 172 Å². The van der Waals surface area contributed by atoms with Crippen LogP contribution in [0.4, 0.5) is 4.39 Å². The standard InChI is InChI=1S/C22H27FN2O3S/c1-2-21(18-6-4-3-5-7-18)24-22(26)19-12-14-25(15-13-19)29(27,28)16-17-8-10-20(23)11-9-17/h3-11,19,21H,2,12-16H2,1H3,(H,24,26). The summed E-state index contributed by atoms with van der Waals surface area (Å²) < 4.78 is 39.8. The van der Waals surface area contributed by atoms with Gasteiger partial charge in [-0.15, -0.1) is 0 Å². The van der Waals surface area contributed by atoms with E-state index < -0.39 is 10.0 Å². The van der Waals surface area contributed by atoms with Crippen molar-refractivity contribution in [2.45, 2.75) is 38.0 Å². The van der Waals surface area contributed by atoms with Crippen LogP contribution in [0.25, 0.3) is 0 Å². The van der Waals surface area contributed by atoms with Gasteiger partial charge in [-0.1, -0.05) is 49.4 Å². The van der Waals surface area contributed by atoms with Crippen LogP contribution < -0.4 is 5.32 Å². The largest absolute Gasteiger partial charge is 0.349 e. The summed E-state index contributed by atoms with van der Waals surface area (Å²) in [6.07, 6.45) is 1.79. The van der Waals surface area contributed by atoms with Crippen molar-refractivity contribution in [2.24, 2.45) is 5.92 Å². The summed E-state index contributed by atoms with van der Waals surface area (Å²) in [6.45, 7) is 2.68. The molecule has 0 bridgehead atoms. The normalized spacial score (nSPS) is 17.0. The van der Waals surface area contributed by atoms with Crippen molar-refractivity contribution in [3.8, 4) is 0 Å². The fourth-order valence-corrected chi connectivity index (χ4v) is 5.24. The fraction of sp³-hybridized carbons (Fsp3) is 0.409. The van der Waals surface area contributed by atoms with Crippen LogP contribution in [0.1, 0.15) is 43.4 Å². The van der Waals surface area contributed by atoms with Gasteiger partial charge in [0.05, 0.1) is 11.8 Å². The molecule has 1 aliphatic heterocycles. The third-order valence-electron chi connectivity index (χ3n) is 5.41. The molecule has 29 heavy (non-hydrogen) atoms. The Kier molecular flexibility index (Phi) is 7.03. The van der Waals surface area contributed by atoms with Crippen LogP contribution in [-0.4, -0.2) is 31.7 Å². The smallest absolute Gasteiger partial charge is 0.223 e. The highest BCUT2D eigenvalue weighted by Crippen LogP contribution is 2.24. The van der Waals surface area contributed by atoms with Crippen LogP contribution in [0.15, 0.2) is 54.6 Å². The molecule has 1 fully saturated rings. The second kappa shape index (κ2) is 9.50. The van der Waals surface area contributed by atoms with Gasteiger partial charge in [-0.3, -0.25) is 4.79 Å². The highest BCUT2D eigenvalue weighted by Gasteiger charge is 2.31. The topological polar surface area (TPSA) is 66.5 Å². The second-order valence-corrected chi connectivity index (χ2v) is 9.41. The highest BCUT2D eigenvalue weighted by molar-refractivity contribution is 7.88. The van der Waals surface area contributed by atoms with Gasteiger partial charge in [0, 0.05) is 19.0 Å². The third kappa shape index (κ3) is 5.64. The lowest BCUT2D eigenvalue weighted by Gasteiger charge is -2.31. The van der Waals surface area contributed by atoms with Gasteiger partial charge in [0.15, 0.2) is 0 Å². The molecular formula is C22H27FN2O3S. The third-order valence-corrected chi connectivity index (χ3v) is 7.26. The Hall–Kier alpha value is -2.25. The Morgan fingerprint density at radius 2 is 1.72 bits per heavy atom. The molecule has 1 unspecified atom stereocenters. The number of nitrogens with one attached hydrogen (secondary N) is 1. The van der Waals surface area contributed by atoms with Crippen molar-refractivity contribution < 1.29 is 17.6 Å². The summed E-state index contributed by atoms with van der Waals surface area (Å²) in [4.78, 5) is 12.7. The molecular weight excluding hydrogens is 391 g/mol. The molecule has 5 nitrogen and oxygen atoms in total. The average Bonchev–Trinajstić information content (AvgIpc) is 2.74. The van der Waals surface area contributed by atoms with E-state index in [4.69, 9.17) is 0 Å². The van der Waals surface area contributed by atoms with Crippen LogP contribution in [-0.2, 0) is 20.6 Å². The van der Waals surface area contributed by atoms with E-state index >= 15 is 0 Å². The zero-order valence-electron chi connectivity index (χ0n) is 16.6. The predicted molar refractivity (Wildman–Crippen MR) is 111 cm³/mol. The minimum atomic E-state index is -3.49. The predicted octanol–water partition coefficient (Wildman–Crippen LogP) is 3.64. The van der Waals surface area contributed by atoms with Crippen molar-refractivity contribution in [3.63, 3.8) is 0 Å². The summed E-state index contributed by atoms with van der Waals surface area (Å²) in [5.41, 5.74) is 1.63. The van der Waals surface area contributed by atoms with Crippen molar-refractivity contribution in [3.05, 3.63) is 71.5 Å². The molecule has 1 saturated heterocycles. The van der Waals surface area contributed by atoms with E-state index in [1.807, 2.05) is 37.3 Å². The van der Waals surface area contributed by atoms with E-state index in [0.29, 0.717) is 31.5 Å². The summed E-state index contributed by atoms with van der Waals surface area (Å²) in [5, 5.41) is 3.11. The molecule has 1 N–H and O–H groups in total. The summed E-state index contributed by atoms with van der Waals surface area (Å²) in [7, 11) is -3.49. The number of halogens is 1.